The fourth-order valence-corrected chi connectivity index (χ4v) is 6.17. The number of hydrogen-bond donors (Lipinski definition) is 2. The van der Waals surface area contributed by atoms with Gasteiger partial charge in [-0.1, -0.05) is 36.2 Å². The number of benzene rings is 1. The maximum atomic E-state index is 13.8. The molecular weight excluding hydrogens is 607 g/mol. The van der Waals surface area contributed by atoms with E-state index in [0.29, 0.717) is 35.8 Å². The van der Waals surface area contributed by atoms with Crippen LogP contribution in [0.15, 0.2) is 36.5 Å². The molecule has 1 aromatic heterocycles. The summed E-state index contributed by atoms with van der Waals surface area (Å²) in [5.41, 5.74) is 1.68. The minimum absolute atomic E-state index is 0.0965. The normalized spacial score (nSPS) is 16.9. The van der Waals surface area contributed by atoms with E-state index >= 15 is 0 Å². The number of alkyl carbamates (subject to hydrolysis) is 1. The van der Waals surface area contributed by atoms with Gasteiger partial charge >= 0.3 is 6.09 Å². The summed E-state index contributed by atoms with van der Waals surface area (Å²) in [6.45, 7) is 3.61. The highest BCUT2D eigenvalue weighted by atomic mass is 35.5. The van der Waals surface area contributed by atoms with Crippen molar-refractivity contribution in [2.24, 2.45) is 0 Å². The number of pyridine rings is 1. The van der Waals surface area contributed by atoms with Crippen LogP contribution in [0.5, 0.6) is 5.75 Å². The second-order valence-electron chi connectivity index (χ2n) is 11.4. The summed E-state index contributed by atoms with van der Waals surface area (Å²) >= 11 is 12.5. The third-order valence-corrected chi connectivity index (χ3v) is 8.82. The van der Waals surface area contributed by atoms with Crippen molar-refractivity contribution in [3.63, 3.8) is 0 Å². The van der Waals surface area contributed by atoms with E-state index in [1.54, 1.807) is 24.4 Å². The van der Waals surface area contributed by atoms with E-state index in [-0.39, 0.29) is 30.8 Å². The number of hydrogen-bond acceptors (Lipinski definition) is 7. The molecule has 2 atom stereocenters. The molecule has 242 valence electrons. The molecule has 2 aromatic rings. The molecule has 1 aliphatic heterocycles. The highest BCUT2D eigenvalue weighted by Crippen LogP contribution is 2.33. The van der Waals surface area contributed by atoms with E-state index in [1.807, 2.05) is 17.0 Å². The first-order valence-electron chi connectivity index (χ1n) is 15.2. The summed E-state index contributed by atoms with van der Waals surface area (Å²) < 4.78 is 11.9. The predicted molar refractivity (Wildman–Crippen MR) is 171 cm³/mol. The lowest BCUT2D eigenvalue weighted by Crippen LogP contribution is -2.52. The van der Waals surface area contributed by atoms with Gasteiger partial charge in [0, 0.05) is 47.7 Å². The summed E-state index contributed by atoms with van der Waals surface area (Å²) in [5.74, 6) is 0.843. The number of amides is 2. The summed E-state index contributed by atoms with van der Waals surface area (Å²) in [5, 5.41) is 10.7. The van der Waals surface area contributed by atoms with Crippen molar-refractivity contribution in [1.82, 2.24) is 20.1 Å². The third kappa shape index (κ3) is 10.5. The number of nitrogens with zero attached hydrogens (tertiary/aromatic N) is 3. The predicted octanol–water partition coefficient (Wildman–Crippen LogP) is 5.79. The van der Waals surface area contributed by atoms with Crippen molar-refractivity contribution in [3.05, 3.63) is 57.8 Å². The molecule has 0 bridgehead atoms. The zero-order valence-electron chi connectivity index (χ0n) is 25.7. The lowest BCUT2D eigenvalue weighted by atomic mass is 9.91. The standard InChI is InChI=1S/C31H42Cl2N4O4.CH2O2/c1-4-24(36(2)3)20-40-28-10-7-15-34-29(28)21-13-16-37(17-14-21)30(38)27(18-22-11-12-23(32)19-26(22)33)35-31(39)41-25-8-5-6-9-25;2-1-3/h7,10-12,15,19,21,24-25,27H,4-6,8-9,13-14,16-18,20H2,1-3H3,(H,35,39);1H,(H,2,3)/t24-,27-;/m1./s1. The largest absolute Gasteiger partial charge is 0.490 e. The summed E-state index contributed by atoms with van der Waals surface area (Å²) in [4.78, 5) is 43.6. The third-order valence-electron chi connectivity index (χ3n) is 8.23. The van der Waals surface area contributed by atoms with Gasteiger partial charge in [0.2, 0.25) is 5.91 Å². The van der Waals surface area contributed by atoms with Gasteiger partial charge in [-0.3, -0.25) is 14.6 Å². The molecule has 1 aliphatic carbocycles. The molecule has 12 heteroatoms. The number of piperidine rings is 1. The van der Waals surface area contributed by atoms with Gasteiger partial charge in [0.15, 0.2) is 0 Å². The second kappa shape index (κ2) is 18.0. The van der Waals surface area contributed by atoms with Crippen molar-refractivity contribution >= 4 is 41.7 Å². The van der Waals surface area contributed by atoms with E-state index in [9.17, 15) is 9.59 Å². The molecule has 4 rings (SSSR count). The van der Waals surface area contributed by atoms with Crippen LogP contribution < -0.4 is 10.1 Å². The van der Waals surface area contributed by atoms with Crippen LogP contribution in [0, 0.1) is 0 Å². The van der Waals surface area contributed by atoms with Crippen LogP contribution in [0.25, 0.3) is 0 Å². The molecule has 2 amide bonds. The number of rotatable bonds is 11. The Balaban J connectivity index is 0.00000169. The average molecular weight is 652 g/mol. The van der Waals surface area contributed by atoms with Gasteiger partial charge in [-0.25, -0.2) is 4.79 Å². The number of nitrogens with one attached hydrogen (secondary N) is 1. The van der Waals surface area contributed by atoms with Crippen LogP contribution in [0.1, 0.15) is 69.0 Å². The molecule has 44 heavy (non-hydrogen) atoms. The number of halogens is 2. The van der Waals surface area contributed by atoms with Crippen molar-refractivity contribution < 1.29 is 29.0 Å². The van der Waals surface area contributed by atoms with Crippen LogP contribution in [-0.2, 0) is 20.7 Å². The van der Waals surface area contributed by atoms with Crippen molar-refractivity contribution in [3.8, 4) is 5.75 Å². The Hall–Kier alpha value is -3.08. The van der Waals surface area contributed by atoms with Crippen LogP contribution in [0.2, 0.25) is 10.0 Å². The molecular formula is C32H44Cl2N4O6. The van der Waals surface area contributed by atoms with Gasteiger partial charge in [0.1, 0.15) is 24.5 Å². The topological polar surface area (TPSA) is 121 Å². The first-order valence-corrected chi connectivity index (χ1v) is 15.9. The molecule has 0 unspecified atom stereocenters. The Morgan fingerprint density at radius 2 is 1.84 bits per heavy atom. The Morgan fingerprint density at radius 1 is 1.16 bits per heavy atom. The number of carbonyl (C=O) groups is 3. The molecule has 1 saturated carbocycles. The minimum Gasteiger partial charge on any atom is -0.490 e. The summed E-state index contributed by atoms with van der Waals surface area (Å²) in [6, 6.07) is 8.58. The first kappa shape index (κ1) is 35.4. The van der Waals surface area contributed by atoms with E-state index in [1.165, 1.54) is 0 Å². The Labute approximate surface area is 270 Å². The second-order valence-corrected chi connectivity index (χ2v) is 12.2. The van der Waals surface area contributed by atoms with Gasteiger partial charge in [-0.05, 0) is 88.9 Å². The maximum Gasteiger partial charge on any atom is 0.408 e. The molecule has 1 saturated heterocycles. The Kier molecular flexibility index (Phi) is 14.5. The molecule has 0 spiro atoms. The van der Waals surface area contributed by atoms with Gasteiger partial charge < -0.3 is 29.7 Å². The van der Waals surface area contributed by atoms with Crippen LogP contribution >= 0.6 is 23.2 Å². The van der Waals surface area contributed by atoms with Gasteiger partial charge in [-0.15, -0.1) is 0 Å². The molecule has 0 radical (unpaired) electrons. The Morgan fingerprint density at radius 3 is 2.45 bits per heavy atom. The fraction of sp³-hybridized carbons (Fsp3) is 0.562. The number of aromatic nitrogens is 1. The maximum absolute atomic E-state index is 13.8. The first-order chi connectivity index (χ1) is 21.2. The monoisotopic (exact) mass is 650 g/mol. The number of likely N-dealkylation sites (N-methyl/N-ethyl adjacent to an activating group) is 1. The van der Waals surface area contributed by atoms with Crippen molar-refractivity contribution in [1.29, 1.82) is 0 Å². The molecule has 2 fully saturated rings. The minimum atomic E-state index is -0.801. The van der Waals surface area contributed by atoms with Crippen molar-refractivity contribution in [2.75, 3.05) is 33.8 Å². The zero-order chi connectivity index (χ0) is 32.1. The van der Waals surface area contributed by atoms with Crippen LogP contribution in [0.4, 0.5) is 4.79 Å². The zero-order valence-corrected chi connectivity index (χ0v) is 27.2. The number of ether oxygens (including phenoxy) is 2. The summed E-state index contributed by atoms with van der Waals surface area (Å²) in [7, 11) is 4.12. The van der Waals surface area contributed by atoms with Gasteiger partial charge in [0.25, 0.3) is 6.47 Å². The number of carbonyl (C=O) groups excluding carboxylic acids is 2. The lowest BCUT2D eigenvalue weighted by molar-refractivity contribution is -0.134. The smallest absolute Gasteiger partial charge is 0.408 e. The Bertz CT molecular complexity index is 1220. The van der Waals surface area contributed by atoms with Gasteiger partial charge in [0.05, 0.1) is 5.69 Å². The van der Waals surface area contributed by atoms with E-state index in [4.69, 9.17) is 42.6 Å². The molecule has 10 nitrogen and oxygen atoms in total. The number of likely N-dealkylation sites (tertiary alicyclic amines) is 1. The number of carboxylic acid groups (broad SMARTS) is 1. The van der Waals surface area contributed by atoms with E-state index in [2.05, 4.69) is 36.2 Å². The van der Waals surface area contributed by atoms with Gasteiger partial charge in [-0.2, -0.15) is 0 Å². The van der Waals surface area contributed by atoms with Crippen molar-refractivity contribution in [2.45, 2.75) is 82.4 Å². The quantitative estimate of drug-likeness (QED) is 0.293. The average Bonchev–Trinajstić information content (AvgIpc) is 3.51. The lowest BCUT2D eigenvalue weighted by Gasteiger charge is -2.35. The molecule has 2 heterocycles. The van der Waals surface area contributed by atoms with E-state index < -0.39 is 12.1 Å². The highest BCUT2D eigenvalue weighted by Gasteiger charge is 2.33. The molecule has 1 aromatic carbocycles. The highest BCUT2D eigenvalue weighted by molar-refractivity contribution is 6.35. The van der Waals surface area contributed by atoms with Crippen LogP contribution in [-0.4, -0.2) is 90.3 Å². The summed E-state index contributed by atoms with van der Waals surface area (Å²) in [6.07, 6.45) is 7.71. The molecule has 2 N–H and O–H groups in total. The van der Waals surface area contributed by atoms with E-state index in [0.717, 1.165) is 62.0 Å². The SMILES string of the molecule is CC[C@H](COc1cccnc1C1CCN(C(=O)[C@@H](Cc2ccc(Cl)cc2Cl)NC(=O)OC2CCCC2)CC1)N(C)C.O=CO. The molecule has 2 aliphatic rings. The van der Waals surface area contributed by atoms with Crippen LogP contribution in [0.3, 0.4) is 0 Å². The fourth-order valence-electron chi connectivity index (χ4n) is 5.68.